The lowest BCUT2D eigenvalue weighted by Gasteiger charge is -2.03. The quantitative estimate of drug-likeness (QED) is 0.323. The second kappa shape index (κ2) is 6.95. The first kappa shape index (κ1) is 11.7. The average Bonchev–Trinajstić information content (AvgIpc) is 2.30. The van der Waals surface area contributed by atoms with Crippen LogP contribution in [-0.2, 0) is 0 Å². The van der Waals surface area contributed by atoms with E-state index in [0.717, 1.165) is 37.8 Å². The van der Waals surface area contributed by atoms with Gasteiger partial charge in [-0.05, 0) is 37.9 Å². The van der Waals surface area contributed by atoms with Gasteiger partial charge in [-0.15, -0.1) is 0 Å². The first-order valence-electron chi connectivity index (χ1n) is 5.20. The maximum atomic E-state index is 8.87. The Morgan fingerprint density at radius 1 is 1.40 bits per heavy atom. The third kappa shape index (κ3) is 4.08. The zero-order valence-corrected chi connectivity index (χ0v) is 8.76. The molecule has 1 aromatic rings. The van der Waals surface area contributed by atoms with Gasteiger partial charge in [0.25, 0.3) is 0 Å². The third-order valence-corrected chi connectivity index (χ3v) is 2.23. The Bertz CT molecular complexity index is 298. The van der Waals surface area contributed by atoms with Crippen LogP contribution >= 0.6 is 0 Å². The van der Waals surface area contributed by atoms with E-state index in [9.17, 15) is 0 Å². The molecule has 0 unspecified atom stereocenters. The van der Waals surface area contributed by atoms with E-state index in [2.05, 4.69) is 10.1 Å². The monoisotopic (exact) mass is 207 g/mol. The highest BCUT2D eigenvalue weighted by atomic mass is 16.4. The number of pyridine rings is 1. The van der Waals surface area contributed by atoms with E-state index in [1.54, 1.807) is 12.4 Å². The van der Waals surface area contributed by atoms with Crippen molar-refractivity contribution in [1.82, 2.24) is 4.98 Å². The zero-order chi connectivity index (χ0) is 10.9. The molecule has 0 saturated carbocycles. The van der Waals surface area contributed by atoms with E-state index >= 15 is 0 Å². The summed E-state index contributed by atoms with van der Waals surface area (Å²) in [5, 5.41) is 12.2. The summed E-state index contributed by atoms with van der Waals surface area (Å²) in [6.07, 6.45) is 7.25. The lowest BCUT2D eigenvalue weighted by Crippen LogP contribution is -2.03. The van der Waals surface area contributed by atoms with Crippen LogP contribution in [0.2, 0.25) is 0 Å². The normalized spacial score (nSPS) is 11.7. The number of rotatable bonds is 6. The molecular weight excluding hydrogens is 190 g/mol. The van der Waals surface area contributed by atoms with Gasteiger partial charge in [0.2, 0.25) is 0 Å². The molecule has 0 bridgehead atoms. The van der Waals surface area contributed by atoms with E-state index in [1.165, 1.54) is 0 Å². The van der Waals surface area contributed by atoms with Gasteiger partial charge < -0.3 is 10.9 Å². The Kier molecular flexibility index (Phi) is 5.40. The number of nitrogens with two attached hydrogens (primary N) is 1. The second-order valence-corrected chi connectivity index (χ2v) is 3.39. The van der Waals surface area contributed by atoms with E-state index in [4.69, 9.17) is 10.9 Å². The van der Waals surface area contributed by atoms with Gasteiger partial charge in [0, 0.05) is 18.0 Å². The van der Waals surface area contributed by atoms with Crippen molar-refractivity contribution < 1.29 is 5.21 Å². The van der Waals surface area contributed by atoms with Crippen LogP contribution in [0.5, 0.6) is 0 Å². The first-order chi connectivity index (χ1) is 7.38. The van der Waals surface area contributed by atoms with Crippen molar-refractivity contribution in [3.8, 4) is 0 Å². The third-order valence-electron chi connectivity index (χ3n) is 2.23. The highest BCUT2D eigenvalue weighted by Gasteiger charge is 2.03. The maximum absolute atomic E-state index is 8.87. The summed E-state index contributed by atoms with van der Waals surface area (Å²) in [4.78, 5) is 3.99. The molecule has 0 fully saturated rings. The van der Waals surface area contributed by atoms with Gasteiger partial charge in [-0.2, -0.15) is 0 Å². The number of aromatic nitrogens is 1. The topological polar surface area (TPSA) is 71.5 Å². The largest absolute Gasteiger partial charge is 0.411 e. The fraction of sp³-hybridized carbons (Fsp3) is 0.455. The first-order valence-corrected chi connectivity index (χ1v) is 5.20. The maximum Gasteiger partial charge on any atom is 0.0883 e. The Morgan fingerprint density at radius 3 is 2.87 bits per heavy atom. The molecule has 4 heteroatoms. The molecule has 15 heavy (non-hydrogen) atoms. The summed E-state index contributed by atoms with van der Waals surface area (Å²) in [7, 11) is 0. The SMILES string of the molecule is NCCCCC/C(=N\O)c1cccnc1. The predicted molar refractivity (Wildman–Crippen MR) is 60.1 cm³/mol. The molecule has 1 aromatic heterocycles. The highest BCUT2D eigenvalue weighted by molar-refractivity contribution is 5.99. The Hall–Kier alpha value is -1.42. The Balaban J connectivity index is 2.44. The smallest absolute Gasteiger partial charge is 0.0883 e. The highest BCUT2D eigenvalue weighted by Crippen LogP contribution is 2.07. The summed E-state index contributed by atoms with van der Waals surface area (Å²) < 4.78 is 0. The molecule has 0 aliphatic heterocycles. The van der Waals surface area contributed by atoms with Crippen molar-refractivity contribution in [2.45, 2.75) is 25.7 Å². The van der Waals surface area contributed by atoms with Gasteiger partial charge in [-0.25, -0.2) is 0 Å². The lowest BCUT2D eigenvalue weighted by atomic mass is 10.1. The van der Waals surface area contributed by atoms with Crippen LogP contribution < -0.4 is 5.73 Å². The molecule has 0 amide bonds. The summed E-state index contributed by atoms with van der Waals surface area (Å²) in [5.74, 6) is 0. The van der Waals surface area contributed by atoms with Crippen LogP contribution in [0.3, 0.4) is 0 Å². The van der Waals surface area contributed by atoms with Crippen molar-refractivity contribution in [1.29, 1.82) is 0 Å². The molecular formula is C11H17N3O. The van der Waals surface area contributed by atoms with Gasteiger partial charge in [0.1, 0.15) is 0 Å². The van der Waals surface area contributed by atoms with E-state index < -0.39 is 0 Å². The number of nitrogens with zero attached hydrogens (tertiary/aromatic N) is 2. The average molecular weight is 207 g/mol. The molecule has 0 atom stereocenters. The zero-order valence-electron chi connectivity index (χ0n) is 8.76. The van der Waals surface area contributed by atoms with Gasteiger partial charge in [-0.1, -0.05) is 11.6 Å². The van der Waals surface area contributed by atoms with Gasteiger partial charge in [0.15, 0.2) is 0 Å². The van der Waals surface area contributed by atoms with E-state index in [0.29, 0.717) is 5.71 Å². The molecule has 0 saturated heterocycles. The molecule has 0 radical (unpaired) electrons. The molecule has 0 aliphatic carbocycles. The molecule has 1 heterocycles. The summed E-state index contributed by atoms with van der Waals surface area (Å²) in [6, 6.07) is 3.73. The molecule has 0 spiro atoms. The standard InChI is InChI=1S/C11H17N3O/c12-7-3-1-2-6-11(14-15)10-5-4-8-13-9-10/h4-5,8-9,15H,1-3,6-7,12H2/b14-11+. The van der Waals surface area contributed by atoms with Gasteiger partial charge in [0.05, 0.1) is 5.71 Å². The minimum Gasteiger partial charge on any atom is -0.411 e. The molecule has 1 rings (SSSR count). The van der Waals surface area contributed by atoms with Crippen molar-refractivity contribution >= 4 is 5.71 Å². The second-order valence-electron chi connectivity index (χ2n) is 3.39. The number of unbranched alkanes of at least 4 members (excludes halogenated alkanes) is 2. The van der Waals surface area contributed by atoms with Crippen LogP contribution in [-0.4, -0.2) is 22.4 Å². The Labute approximate surface area is 89.8 Å². The van der Waals surface area contributed by atoms with Crippen LogP contribution in [0, 0.1) is 0 Å². The number of hydrogen-bond donors (Lipinski definition) is 2. The number of hydrogen-bond acceptors (Lipinski definition) is 4. The van der Waals surface area contributed by atoms with Crippen molar-refractivity contribution in [2.24, 2.45) is 10.9 Å². The van der Waals surface area contributed by atoms with E-state index in [-0.39, 0.29) is 0 Å². The van der Waals surface area contributed by atoms with Gasteiger partial charge >= 0.3 is 0 Å². The van der Waals surface area contributed by atoms with Crippen LogP contribution in [0.25, 0.3) is 0 Å². The van der Waals surface area contributed by atoms with Crippen LogP contribution in [0.4, 0.5) is 0 Å². The van der Waals surface area contributed by atoms with Crippen molar-refractivity contribution in [3.63, 3.8) is 0 Å². The van der Waals surface area contributed by atoms with Crippen LogP contribution in [0.15, 0.2) is 29.7 Å². The summed E-state index contributed by atoms with van der Waals surface area (Å²) in [6.45, 7) is 0.721. The number of oxime groups is 1. The van der Waals surface area contributed by atoms with E-state index in [1.807, 2.05) is 12.1 Å². The Morgan fingerprint density at radius 2 is 2.27 bits per heavy atom. The summed E-state index contributed by atoms with van der Waals surface area (Å²) >= 11 is 0. The molecule has 4 nitrogen and oxygen atoms in total. The predicted octanol–water partition coefficient (Wildman–Crippen LogP) is 1.78. The molecule has 82 valence electrons. The lowest BCUT2D eigenvalue weighted by molar-refractivity contribution is 0.317. The van der Waals surface area contributed by atoms with Crippen LogP contribution in [0.1, 0.15) is 31.2 Å². The fourth-order valence-electron chi connectivity index (χ4n) is 1.40. The molecule has 0 aromatic carbocycles. The summed E-state index contributed by atoms with van der Waals surface area (Å²) in [5.41, 5.74) is 6.98. The minimum absolute atomic E-state index is 0.695. The fourth-order valence-corrected chi connectivity index (χ4v) is 1.40. The van der Waals surface area contributed by atoms with Crippen molar-refractivity contribution in [3.05, 3.63) is 30.1 Å². The van der Waals surface area contributed by atoms with Gasteiger partial charge in [-0.3, -0.25) is 4.98 Å². The van der Waals surface area contributed by atoms with Crippen molar-refractivity contribution in [2.75, 3.05) is 6.54 Å². The molecule has 3 N–H and O–H groups in total. The molecule has 0 aliphatic rings. The minimum atomic E-state index is 0.695.